The molecule has 0 radical (unpaired) electrons. The zero-order valence-electron chi connectivity index (χ0n) is 28.3. The molecule has 3 rings (SSSR count). The molecule has 0 spiro atoms. The molecule has 0 saturated heterocycles. The number of rotatable bonds is 13. The standard InChI is InChI=1S/C36H46F3N3O4/c1-10-46-31(43)18-29(28-17-26(14-23(6)33(28)38)32-21(4)15-27(37)16-22(32)5)40-35(44)30(13-20(2)3)42-19-25(11-12-41(8)9)24(7)34(39)36(42)45/h14-17,19-20,29-30H,10-13,18H2,1-9H3,(H,40,44)/t29-,30-/m0/s1. The van der Waals surface area contributed by atoms with E-state index < -0.39 is 47.0 Å². The smallest absolute Gasteiger partial charge is 0.308 e. The van der Waals surface area contributed by atoms with Gasteiger partial charge in [-0.3, -0.25) is 14.4 Å². The SMILES string of the molecule is CCOC(=O)C[C@H](NC(=O)[C@H](CC(C)C)n1cc(CCN(C)C)c(C)c(F)c1=O)c1cc(-c2c(C)cc(F)cc2C)cc(C)c1F. The van der Waals surface area contributed by atoms with E-state index in [-0.39, 0.29) is 42.1 Å². The van der Waals surface area contributed by atoms with E-state index in [1.165, 1.54) is 18.3 Å². The van der Waals surface area contributed by atoms with Crippen molar-refractivity contribution in [3.05, 3.63) is 91.6 Å². The Morgan fingerprint density at radius 2 is 1.59 bits per heavy atom. The molecule has 10 heteroatoms. The Labute approximate surface area is 269 Å². The summed E-state index contributed by atoms with van der Waals surface area (Å²) in [6.07, 6.45) is 1.78. The summed E-state index contributed by atoms with van der Waals surface area (Å²) in [5.41, 5.74) is 2.77. The number of aryl methyl sites for hydroxylation is 3. The highest BCUT2D eigenvalue weighted by Crippen LogP contribution is 2.34. The Morgan fingerprint density at radius 1 is 0.957 bits per heavy atom. The molecule has 7 nitrogen and oxygen atoms in total. The van der Waals surface area contributed by atoms with Crippen LogP contribution in [0.1, 0.15) is 79.1 Å². The maximum atomic E-state index is 15.9. The predicted molar refractivity (Wildman–Crippen MR) is 174 cm³/mol. The van der Waals surface area contributed by atoms with Crippen LogP contribution in [0.4, 0.5) is 13.2 Å². The molecule has 3 aromatic rings. The molecule has 1 N–H and O–H groups in total. The van der Waals surface area contributed by atoms with Gasteiger partial charge in [-0.25, -0.2) is 13.2 Å². The van der Waals surface area contributed by atoms with Crippen LogP contribution in [0.3, 0.4) is 0 Å². The largest absolute Gasteiger partial charge is 0.466 e. The Hall–Kier alpha value is -3.92. The van der Waals surface area contributed by atoms with Crippen LogP contribution in [0.2, 0.25) is 0 Å². The van der Waals surface area contributed by atoms with Crippen LogP contribution in [0, 0.1) is 51.1 Å². The fourth-order valence-electron chi connectivity index (χ4n) is 5.81. The molecule has 0 bridgehead atoms. The van der Waals surface area contributed by atoms with Crippen LogP contribution in [0.5, 0.6) is 0 Å². The monoisotopic (exact) mass is 641 g/mol. The van der Waals surface area contributed by atoms with Crippen molar-refractivity contribution >= 4 is 11.9 Å². The number of amides is 1. The number of esters is 1. The van der Waals surface area contributed by atoms with E-state index in [1.54, 1.807) is 46.8 Å². The summed E-state index contributed by atoms with van der Waals surface area (Å²) in [7, 11) is 3.77. The molecular formula is C36H46F3N3O4. The fraction of sp³-hybridized carbons (Fsp3) is 0.472. The van der Waals surface area contributed by atoms with Crippen LogP contribution >= 0.6 is 0 Å². The number of nitrogens with one attached hydrogen (secondary N) is 1. The highest BCUT2D eigenvalue weighted by atomic mass is 19.1. The topological polar surface area (TPSA) is 80.6 Å². The third kappa shape index (κ3) is 8.66. The quantitative estimate of drug-likeness (QED) is 0.211. The molecule has 1 heterocycles. The van der Waals surface area contributed by atoms with Crippen molar-refractivity contribution in [2.45, 2.75) is 79.8 Å². The lowest BCUT2D eigenvalue weighted by atomic mass is 9.90. The molecule has 0 fully saturated rings. The van der Waals surface area contributed by atoms with Crippen LogP contribution in [0.25, 0.3) is 11.1 Å². The van der Waals surface area contributed by atoms with Gasteiger partial charge >= 0.3 is 5.97 Å². The number of hydrogen-bond acceptors (Lipinski definition) is 5. The van der Waals surface area contributed by atoms with E-state index in [9.17, 15) is 18.8 Å². The van der Waals surface area contributed by atoms with E-state index in [2.05, 4.69) is 5.32 Å². The van der Waals surface area contributed by atoms with E-state index in [0.29, 0.717) is 40.8 Å². The van der Waals surface area contributed by atoms with Gasteiger partial charge in [0.2, 0.25) is 5.91 Å². The summed E-state index contributed by atoms with van der Waals surface area (Å²) in [6.45, 7) is 12.7. The highest BCUT2D eigenvalue weighted by Gasteiger charge is 2.31. The molecule has 0 aliphatic heterocycles. The molecule has 0 unspecified atom stereocenters. The lowest BCUT2D eigenvalue weighted by Crippen LogP contribution is -2.41. The average Bonchev–Trinajstić information content (AvgIpc) is 2.95. The van der Waals surface area contributed by atoms with E-state index in [1.807, 2.05) is 32.8 Å². The van der Waals surface area contributed by atoms with E-state index in [4.69, 9.17) is 4.74 Å². The molecule has 2 atom stereocenters. The summed E-state index contributed by atoms with van der Waals surface area (Å²) < 4.78 is 51.6. The van der Waals surface area contributed by atoms with Crippen LogP contribution in [-0.4, -0.2) is 48.6 Å². The number of carbonyl (C=O) groups excluding carboxylic acids is 2. The van der Waals surface area contributed by atoms with Crippen LogP contribution < -0.4 is 10.9 Å². The number of benzene rings is 2. The van der Waals surface area contributed by atoms with Crippen molar-refractivity contribution in [3.8, 4) is 11.1 Å². The first kappa shape index (κ1) is 36.5. The van der Waals surface area contributed by atoms with Crippen molar-refractivity contribution in [3.63, 3.8) is 0 Å². The number of aromatic nitrogens is 1. The minimum atomic E-state index is -1.18. The number of halogens is 3. The Bertz CT molecular complexity index is 1630. The summed E-state index contributed by atoms with van der Waals surface area (Å²) in [4.78, 5) is 42.1. The first-order valence-electron chi connectivity index (χ1n) is 15.6. The van der Waals surface area contributed by atoms with Gasteiger partial charge in [0.05, 0.1) is 19.1 Å². The van der Waals surface area contributed by atoms with Crippen LogP contribution in [-0.2, 0) is 20.7 Å². The van der Waals surface area contributed by atoms with Gasteiger partial charge in [0.1, 0.15) is 17.7 Å². The summed E-state index contributed by atoms with van der Waals surface area (Å²) >= 11 is 0. The molecule has 0 saturated carbocycles. The maximum Gasteiger partial charge on any atom is 0.308 e. The number of ether oxygens (including phenoxy) is 1. The number of pyridine rings is 1. The van der Waals surface area contributed by atoms with Crippen LogP contribution in [0.15, 0.2) is 35.3 Å². The minimum Gasteiger partial charge on any atom is -0.466 e. The normalized spacial score (nSPS) is 12.8. The van der Waals surface area contributed by atoms with Crippen molar-refractivity contribution in [2.24, 2.45) is 5.92 Å². The number of likely N-dealkylation sites (N-methyl/N-ethyl adjacent to an activating group) is 1. The lowest BCUT2D eigenvalue weighted by Gasteiger charge is -2.27. The Balaban J connectivity index is 2.16. The summed E-state index contributed by atoms with van der Waals surface area (Å²) in [5.74, 6) is -3.35. The molecule has 1 amide bonds. The Kier molecular flexibility index (Phi) is 12.4. The minimum absolute atomic E-state index is 0.0388. The molecule has 250 valence electrons. The zero-order chi connectivity index (χ0) is 34.5. The third-order valence-electron chi connectivity index (χ3n) is 8.13. The predicted octanol–water partition coefficient (Wildman–Crippen LogP) is 6.67. The average molecular weight is 642 g/mol. The zero-order valence-corrected chi connectivity index (χ0v) is 28.3. The maximum absolute atomic E-state index is 15.9. The molecule has 1 aromatic heterocycles. The van der Waals surface area contributed by atoms with Crippen molar-refractivity contribution in [1.29, 1.82) is 0 Å². The highest BCUT2D eigenvalue weighted by molar-refractivity contribution is 5.82. The first-order valence-corrected chi connectivity index (χ1v) is 15.6. The second-order valence-corrected chi connectivity index (χ2v) is 12.7. The van der Waals surface area contributed by atoms with Crippen molar-refractivity contribution in [1.82, 2.24) is 14.8 Å². The third-order valence-corrected chi connectivity index (χ3v) is 8.13. The summed E-state index contributed by atoms with van der Waals surface area (Å²) in [5, 5.41) is 2.81. The molecule has 0 aliphatic carbocycles. The molecule has 2 aromatic carbocycles. The number of hydrogen-bond donors (Lipinski definition) is 1. The first-order chi connectivity index (χ1) is 21.5. The van der Waals surface area contributed by atoms with Gasteiger partial charge in [0, 0.05) is 18.3 Å². The van der Waals surface area contributed by atoms with Crippen molar-refractivity contribution < 1.29 is 27.5 Å². The van der Waals surface area contributed by atoms with E-state index in [0.717, 1.165) is 4.57 Å². The fourth-order valence-corrected chi connectivity index (χ4v) is 5.81. The molecular weight excluding hydrogens is 595 g/mol. The summed E-state index contributed by atoms with van der Waals surface area (Å²) in [6, 6.07) is 3.65. The van der Waals surface area contributed by atoms with Gasteiger partial charge in [-0.15, -0.1) is 0 Å². The van der Waals surface area contributed by atoms with Gasteiger partial charge in [0.25, 0.3) is 5.56 Å². The lowest BCUT2D eigenvalue weighted by molar-refractivity contribution is -0.144. The van der Waals surface area contributed by atoms with Gasteiger partial charge in [-0.2, -0.15) is 0 Å². The van der Waals surface area contributed by atoms with Gasteiger partial charge in [0.15, 0.2) is 5.82 Å². The molecule has 0 aliphatic rings. The van der Waals surface area contributed by atoms with E-state index >= 15 is 8.78 Å². The van der Waals surface area contributed by atoms with Gasteiger partial charge < -0.3 is 19.5 Å². The number of nitrogens with zero attached hydrogens (tertiary/aromatic N) is 2. The number of carbonyl (C=O) groups is 2. The van der Waals surface area contributed by atoms with Crippen molar-refractivity contribution in [2.75, 3.05) is 27.2 Å². The second kappa shape index (κ2) is 15.6. The van der Waals surface area contributed by atoms with Gasteiger partial charge in [-0.1, -0.05) is 13.8 Å². The van der Waals surface area contributed by atoms with Gasteiger partial charge in [-0.05, 0) is 131 Å². The Morgan fingerprint density at radius 3 is 2.15 bits per heavy atom. The second-order valence-electron chi connectivity index (χ2n) is 12.7. The molecule has 46 heavy (non-hydrogen) atoms.